The SMILES string of the molecule is O=C1COc2cccc(c2)-c2cncc(c2)C(=O)N[C@@H]2CN(C(=O)CCCn3cncn3)CC[C@@H]2Oc2cc(F)cc(c2)CN1. The fourth-order valence-electron chi connectivity index (χ4n) is 5.44. The van der Waals surface area contributed by atoms with Crippen molar-refractivity contribution in [3.8, 4) is 22.6 Å². The third-order valence-corrected chi connectivity index (χ3v) is 7.71. The lowest BCUT2D eigenvalue weighted by Gasteiger charge is -2.39. The first-order valence-corrected chi connectivity index (χ1v) is 14.7. The van der Waals surface area contributed by atoms with Crippen LogP contribution in [-0.4, -0.2) is 74.2 Å². The summed E-state index contributed by atoms with van der Waals surface area (Å²) < 4.78 is 28.3. The molecule has 45 heavy (non-hydrogen) atoms. The number of piperidine rings is 1. The van der Waals surface area contributed by atoms with Gasteiger partial charge in [-0.15, -0.1) is 0 Å². The first-order valence-electron chi connectivity index (χ1n) is 14.7. The highest BCUT2D eigenvalue weighted by molar-refractivity contribution is 5.95. The van der Waals surface area contributed by atoms with Crippen LogP contribution in [0.15, 0.2) is 73.6 Å². The summed E-state index contributed by atoms with van der Waals surface area (Å²) in [5, 5.41) is 9.86. The van der Waals surface area contributed by atoms with E-state index in [4.69, 9.17) is 9.47 Å². The number of carbonyl (C=O) groups excluding carboxylic acids is 3. The summed E-state index contributed by atoms with van der Waals surface area (Å²) in [6, 6.07) is 12.5. The van der Waals surface area contributed by atoms with Crippen LogP contribution >= 0.6 is 0 Å². The van der Waals surface area contributed by atoms with E-state index in [0.29, 0.717) is 54.8 Å². The number of hydrogen-bond acceptors (Lipinski definition) is 8. The van der Waals surface area contributed by atoms with Gasteiger partial charge >= 0.3 is 0 Å². The van der Waals surface area contributed by atoms with Gasteiger partial charge in [0.05, 0.1) is 11.6 Å². The Labute approximate surface area is 258 Å². The largest absolute Gasteiger partial charge is 0.488 e. The van der Waals surface area contributed by atoms with E-state index in [9.17, 15) is 18.8 Å². The van der Waals surface area contributed by atoms with E-state index >= 15 is 0 Å². The molecule has 4 aromatic rings. The highest BCUT2D eigenvalue weighted by atomic mass is 19.1. The minimum Gasteiger partial charge on any atom is -0.488 e. The molecule has 4 heterocycles. The van der Waals surface area contributed by atoms with Gasteiger partial charge in [-0.1, -0.05) is 12.1 Å². The van der Waals surface area contributed by atoms with Gasteiger partial charge in [-0.05, 0) is 47.9 Å². The maximum atomic E-state index is 14.6. The Morgan fingerprint density at radius 3 is 2.78 bits per heavy atom. The Kier molecular flexibility index (Phi) is 8.94. The lowest BCUT2D eigenvalue weighted by Crippen LogP contribution is -2.58. The summed E-state index contributed by atoms with van der Waals surface area (Å²) in [7, 11) is 0. The highest BCUT2D eigenvalue weighted by Crippen LogP contribution is 2.26. The fourth-order valence-corrected chi connectivity index (χ4v) is 5.44. The van der Waals surface area contributed by atoms with Gasteiger partial charge in [-0.25, -0.2) is 9.37 Å². The molecule has 232 valence electrons. The van der Waals surface area contributed by atoms with Gasteiger partial charge in [0, 0.05) is 63.0 Å². The number of pyridine rings is 1. The summed E-state index contributed by atoms with van der Waals surface area (Å²) >= 11 is 0. The zero-order valence-electron chi connectivity index (χ0n) is 24.4. The maximum Gasteiger partial charge on any atom is 0.258 e. The van der Waals surface area contributed by atoms with Gasteiger partial charge in [0.15, 0.2) is 6.61 Å². The number of ether oxygens (including phenoxy) is 2. The van der Waals surface area contributed by atoms with Crippen molar-refractivity contribution in [1.82, 2.24) is 35.3 Å². The first kappa shape index (κ1) is 29.7. The van der Waals surface area contributed by atoms with E-state index < -0.39 is 18.0 Å². The lowest BCUT2D eigenvalue weighted by molar-refractivity contribution is -0.133. The number of fused-ring (bicyclic) bond motifs is 8. The van der Waals surface area contributed by atoms with Gasteiger partial charge in [0.1, 0.15) is 36.1 Å². The van der Waals surface area contributed by atoms with Crippen LogP contribution in [0.2, 0.25) is 0 Å². The molecule has 2 aliphatic rings. The van der Waals surface area contributed by atoms with E-state index in [-0.39, 0.29) is 43.2 Å². The second kappa shape index (κ2) is 13.5. The zero-order chi connectivity index (χ0) is 31.2. The Hall–Kier alpha value is -5.33. The van der Waals surface area contributed by atoms with E-state index in [1.165, 1.54) is 24.7 Å². The minimum atomic E-state index is -0.598. The molecule has 0 saturated carbocycles. The molecule has 0 radical (unpaired) electrons. The molecule has 12 nitrogen and oxygen atoms in total. The number of halogens is 1. The Bertz CT molecular complexity index is 1680. The van der Waals surface area contributed by atoms with Crippen LogP contribution in [0.1, 0.15) is 35.2 Å². The predicted octanol–water partition coefficient (Wildman–Crippen LogP) is 2.75. The van der Waals surface area contributed by atoms with Crippen molar-refractivity contribution in [2.75, 3.05) is 19.7 Å². The summed E-state index contributed by atoms with van der Waals surface area (Å²) in [5.41, 5.74) is 2.25. The molecule has 2 aromatic carbocycles. The number of aromatic nitrogens is 4. The molecule has 0 aliphatic carbocycles. The summed E-state index contributed by atoms with van der Waals surface area (Å²) in [4.78, 5) is 49.2. The van der Waals surface area contributed by atoms with Crippen molar-refractivity contribution in [2.45, 2.75) is 44.5 Å². The number of amides is 3. The monoisotopic (exact) mass is 613 g/mol. The molecule has 1 fully saturated rings. The molecule has 2 aliphatic heterocycles. The molecule has 13 heteroatoms. The molecule has 2 atom stereocenters. The van der Waals surface area contributed by atoms with Gasteiger partial charge in [0.2, 0.25) is 5.91 Å². The number of nitrogens with zero attached hydrogens (tertiary/aromatic N) is 5. The molecule has 3 amide bonds. The summed E-state index contributed by atoms with van der Waals surface area (Å²) in [6.45, 7) is 1.01. The average molecular weight is 614 g/mol. The van der Waals surface area contributed by atoms with Crippen LogP contribution in [0.25, 0.3) is 11.1 Å². The molecule has 2 N–H and O–H groups in total. The number of likely N-dealkylation sites (tertiary alicyclic amines) is 1. The van der Waals surface area contributed by atoms with Crippen molar-refractivity contribution in [2.24, 2.45) is 0 Å². The van der Waals surface area contributed by atoms with Crippen LogP contribution in [-0.2, 0) is 22.7 Å². The molecule has 6 rings (SSSR count). The van der Waals surface area contributed by atoms with Crippen molar-refractivity contribution in [3.63, 3.8) is 0 Å². The smallest absolute Gasteiger partial charge is 0.258 e. The number of benzene rings is 2. The third-order valence-electron chi connectivity index (χ3n) is 7.71. The van der Waals surface area contributed by atoms with Gasteiger partial charge in [-0.3, -0.25) is 24.0 Å². The molecule has 2 aromatic heterocycles. The summed E-state index contributed by atoms with van der Waals surface area (Å²) in [5.74, 6) is -0.615. The van der Waals surface area contributed by atoms with E-state index in [1.54, 1.807) is 52.4 Å². The molecular formula is C32H32FN7O5. The second-order valence-electron chi connectivity index (χ2n) is 11.0. The number of nitrogens with one attached hydrogen (secondary N) is 2. The number of aryl methyl sites for hydroxylation is 1. The lowest BCUT2D eigenvalue weighted by atomic mass is 10.00. The van der Waals surface area contributed by atoms with Gasteiger partial charge in [0.25, 0.3) is 11.8 Å². The highest BCUT2D eigenvalue weighted by Gasteiger charge is 2.34. The molecule has 1 saturated heterocycles. The van der Waals surface area contributed by atoms with E-state index in [0.717, 1.165) is 5.56 Å². The topological polar surface area (TPSA) is 141 Å². The Morgan fingerprint density at radius 2 is 1.91 bits per heavy atom. The standard InChI is InChI=1S/C32H32FN7O5/c33-25-9-21-10-27(13-25)45-29-6-8-39(31(42)5-2-7-40-20-35-19-37-40)17-28(29)38-32(43)24-11-23(15-34-16-24)22-3-1-4-26(12-22)44-18-30(41)36-14-21/h1,3-4,9-13,15-16,19-20,28-29H,2,5-8,14,17-18H2,(H,36,41)(H,38,43)/t28-,29+/m1/s1. The normalized spacial score (nSPS) is 18.6. The number of hydrogen-bond donors (Lipinski definition) is 2. The quantitative estimate of drug-likeness (QED) is 0.358. The van der Waals surface area contributed by atoms with Crippen LogP contribution in [0.4, 0.5) is 4.39 Å². The summed E-state index contributed by atoms with van der Waals surface area (Å²) in [6.07, 6.45) is 6.90. The van der Waals surface area contributed by atoms with Crippen molar-refractivity contribution in [3.05, 3.63) is 90.5 Å². The Balaban J connectivity index is 1.26. The molecule has 0 unspecified atom stereocenters. The second-order valence-corrected chi connectivity index (χ2v) is 11.0. The third kappa shape index (κ3) is 7.61. The van der Waals surface area contributed by atoms with Crippen LogP contribution < -0.4 is 20.1 Å². The molecule has 0 spiro atoms. The predicted molar refractivity (Wildman–Crippen MR) is 160 cm³/mol. The first-order chi connectivity index (χ1) is 21.9. The van der Waals surface area contributed by atoms with Gasteiger partial charge in [-0.2, -0.15) is 5.10 Å². The van der Waals surface area contributed by atoms with E-state index in [2.05, 4.69) is 25.7 Å². The van der Waals surface area contributed by atoms with Crippen molar-refractivity contribution >= 4 is 17.7 Å². The fraction of sp³-hybridized carbons (Fsp3) is 0.312. The number of rotatable bonds is 4. The average Bonchev–Trinajstić information content (AvgIpc) is 3.57. The van der Waals surface area contributed by atoms with Crippen molar-refractivity contribution < 1.29 is 28.2 Å². The number of carbonyl (C=O) groups is 3. The van der Waals surface area contributed by atoms with Gasteiger partial charge < -0.3 is 25.0 Å². The molecular weight excluding hydrogens is 581 g/mol. The van der Waals surface area contributed by atoms with Crippen LogP contribution in [0.3, 0.4) is 0 Å². The van der Waals surface area contributed by atoms with Crippen LogP contribution in [0.5, 0.6) is 11.5 Å². The van der Waals surface area contributed by atoms with Crippen molar-refractivity contribution in [1.29, 1.82) is 0 Å². The van der Waals surface area contributed by atoms with Crippen LogP contribution in [0, 0.1) is 5.82 Å². The molecule has 6 bridgehead atoms. The maximum absolute atomic E-state index is 14.6. The Morgan fingerprint density at radius 1 is 1.02 bits per heavy atom. The minimum absolute atomic E-state index is 0.0483. The zero-order valence-corrected chi connectivity index (χ0v) is 24.4. The van der Waals surface area contributed by atoms with E-state index in [1.807, 2.05) is 6.07 Å².